The minimum atomic E-state index is 0.0355. The molecule has 272 valence electrons. The minimum absolute atomic E-state index is 0.0355. The van der Waals surface area contributed by atoms with Crippen LogP contribution in [-0.4, -0.2) is 4.57 Å². The number of nitrogens with zero attached hydrogens (tertiary/aromatic N) is 2. The Morgan fingerprint density at radius 1 is 0.474 bits per heavy atom. The third-order valence-electron chi connectivity index (χ3n) is 12.6. The van der Waals surface area contributed by atoms with Gasteiger partial charge >= 0.3 is 0 Å². The molecule has 2 aliphatic rings. The topological polar surface area (TPSA) is 8.17 Å². The van der Waals surface area contributed by atoms with E-state index in [0.29, 0.717) is 0 Å². The van der Waals surface area contributed by atoms with Gasteiger partial charge < -0.3 is 9.47 Å². The zero-order chi connectivity index (χ0) is 38.1. The minimum Gasteiger partial charge on any atom is -0.314 e. The monoisotopic (exact) mass is 730 g/mol. The van der Waals surface area contributed by atoms with E-state index in [0.717, 1.165) is 18.5 Å². The number of aromatic nitrogens is 1. The van der Waals surface area contributed by atoms with Crippen LogP contribution in [0.3, 0.4) is 0 Å². The molecular formula is C55H42N2. The number of para-hydroxylation sites is 2. The van der Waals surface area contributed by atoms with Crippen LogP contribution >= 0.6 is 0 Å². The molecule has 0 fully saturated rings. The number of rotatable bonds is 6. The Hall–Kier alpha value is -6.90. The van der Waals surface area contributed by atoms with Crippen LogP contribution in [-0.2, 0) is 5.41 Å². The lowest BCUT2D eigenvalue weighted by Gasteiger charge is -2.33. The maximum atomic E-state index is 2.49. The number of allylic oxidation sites excluding steroid dienone is 4. The van der Waals surface area contributed by atoms with Crippen LogP contribution in [0.2, 0.25) is 0 Å². The van der Waals surface area contributed by atoms with Crippen molar-refractivity contribution in [3.8, 4) is 27.9 Å². The summed E-state index contributed by atoms with van der Waals surface area (Å²) in [7, 11) is 0. The predicted molar refractivity (Wildman–Crippen MR) is 241 cm³/mol. The molecule has 0 saturated heterocycles. The highest BCUT2D eigenvalue weighted by molar-refractivity contribution is 6.18. The van der Waals surface area contributed by atoms with Gasteiger partial charge in [-0.05, 0) is 94.1 Å². The van der Waals surface area contributed by atoms with E-state index in [9.17, 15) is 0 Å². The van der Waals surface area contributed by atoms with Crippen LogP contribution in [0.4, 0.5) is 11.4 Å². The van der Waals surface area contributed by atoms with Crippen molar-refractivity contribution in [2.45, 2.75) is 32.1 Å². The number of hydrogen-bond donors (Lipinski definition) is 0. The van der Waals surface area contributed by atoms with Gasteiger partial charge in [0.2, 0.25) is 0 Å². The fourth-order valence-electron chi connectivity index (χ4n) is 9.80. The lowest BCUT2D eigenvalue weighted by molar-refractivity contribution is 0.602. The quantitative estimate of drug-likeness (QED) is 0.165. The normalized spacial score (nSPS) is 14.5. The largest absolute Gasteiger partial charge is 0.314 e. The zero-order valence-electron chi connectivity index (χ0n) is 32.3. The highest BCUT2D eigenvalue weighted by atomic mass is 15.1. The molecular weight excluding hydrogens is 689 g/mol. The molecule has 0 N–H and O–H groups in total. The summed E-state index contributed by atoms with van der Waals surface area (Å²) >= 11 is 0. The number of hydrogen-bond acceptors (Lipinski definition) is 1. The summed E-state index contributed by atoms with van der Waals surface area (Å²) in [5.74, 6) is 0. The van der Waals surface area contributed by atoms with E-state index in [2.05, 4.69) is 217 Å². The summed E-state index contributed by atoms with van der Waals surface area (Å²) in [6.07, 6.45) is 4.50. The van der Waals surface area contributed by atoms with Crippen molar-refractivity contribution in [2.75, 3.05) is 4.90 Å². The first-order valence-corrected chi connectivity index (χ1v) is 20.1. The fraction of sp³-hybridized carbons (Fsp3) is 0.0909. The lowest BCUT2D eigenvalue weighted by Crippen LogP contribution is -2.22. The molecule has 2 aliphatic carbocycles. The molecule has 1 heterocycles. The second-order valence-electron chi connectivity index (χ2n) is 16.0. The van der Waals surface area contributed by atoms with Gasteiger partial charge in [-0.3, -0.25) is 0 Å². The van der Waals surface area contributed by atoms with E-state index < -0.39 is 0 Å². The Labute approximate surface area is 334 Å². The van der Waals surface area contributed by atoms with E-state index in [1.165, 1.54) is 88.6 Å². The first kappa shape index (κ1) is 33.4. The summed E-state index contributed by atoms with van der Waals surface area (Å²) in [6.45, 7) is 4.79. The van der Waals surface area contributed by atoms with Crippen molar-refractivity contribution in [2.24, 2.45) is 0 Å². The van der Waals surface area contributed by atoms with Gasteiger partial charge in [0.1, 0.15) is 0 Å². The van der Waals surface area contributed by atoms with Crippen molar-refractivity contribution < 1.29 is 0 Å². The van der Waals surface area contributed by atoms with E-state index in [4.69, 9.17) is 0 Å². The zero-order valence-corrected chi connectivity index (χ0v) is 32.3. The number of benzene rings is 8. The Bertz CT molecular complexity index is 3070. The maximum absolute atomic E-state index is 2.49. The molecule has 0 bridgehead atoms. The van der Waals surface area contributed by atoms with Crippen LogP contribution < -0.4 is 4.90 Å². The average molecular weight is 731 g/mol. The second kappa shape index (κ2) is 13.1. The molecule has 0 unspecified atom stereocenters. The SMILES string of the molecule is CC1(C)C2=C(C=C(N(c3ccc(-c4ccccc4)cc3)c3ccc(-c4ccccc4-n4c5ccccc5c5ccc6ccccc6c54)cc3)CC2)c2ccccc21. The molecule has 2 heteroatoms. The number of anilines is 2. The summed E-state index contributed by atoms with van der Waals surface area (Å²) in [5.41, 5.74) is 17.9. The van der Waals surface area contributed by atoms with Gasteiger partial charge in [-0.15, -0.1) is 0 Å². The Morgan fingerprint density at radius 2 is 1.09 bits per heavy atom. The maximum Gasteiger partial charge on any atom is 0.0619 e. The smallest absolute Gasteiger partial charge is 0.0619 e. The molecule has 0 amide bonds. The van der Waals surface area contributed by atoms with E-state index in [1.807, 2.05) is 0 Å². The summed E-state index contributed by atoms with van der Waals surface area (Å²) in [6, 6.07) is 69.0. The Kier molecular flexibility index (Phi) is 7.69. The lowest BCUT2D eigenvalue weighted by atomic mass is 9.78. The molecule has 0 spiro atoms. The van der Waals surface area contributed by atoms with Gasteiger partial charge in [0.15, 0.2) is 0 Å². The van der Waals surface area contributed by atoms with Crippen LogP contribution in [0.5, 0.6) is 0 Å². The van der Waals surface area contributed by atoms with Crippen LogP contribution in [0.15, 0.2) is 205 Å². The van der Waals surface area contributed by atoms with Crippen LogP contribution in [0, 0.1) is 0 Å². The standard InChI is InChI=1S/C55H42N2/c1-55(2)50-21-11-8-19-46(50)49-36-43(33-35-51(49)55)56(41-29-24-38(25-30-41)37-14-4-3-5-15-37)42-31-26-40(27-32-42)44-17-9-12-22-52(44)57-53-23-13-10-20-47(53)48-34-28-39-16-6-7-18-45(39)54(48)57/h3-32,34,36H,33,35H2,1-2H3. The Balaban J connectivity index is 1.05. The van der Waals surface area contributed by atoms with Gasteiger partial charge in [-0.2, -0.15) is 0 Å². The molecule has 11 rings (SSSR count). The Morgan fingerprint density at radius 3 is 1.88 bits per heavy atom. The second-order valence-corrected chi connectivity index (χ2v) is 16.0. The van der Waals surface area contributed by atoms with Gasteiger partial charge in [-0.1, -0.05) is 171 Å². The first-order valence-electron chi connectivity index (χ1n) is 20.1. The van der Waals surface area contributed by atoms with Crippen LogP contribution in [0.25, 0.3) is 66.1 Å². The predicted octanol–water partition coefficient (Wildman–Crippen LogP) is 14.8. The summed E-state index contributed by atoms with van der Waals surface area (Å²) in [4.78, 5) is 2.49. The van der Waals surface area contributed by atoms with Gasteiger partial charge in [0.05, 0.1) is 16.7 Å². The third kappa shape index (κ3) is 5.32. The van der Waals surface area contributed by atoms with Crippen molar-refractivity contribution in [3.63, 3.8) is 0 Å². The molecule has 9 aromatic rings. The molecule has 57 heavy (non-hydrogen) atoms. The van der Waals surface area contributed by atoms with Gasteiger partial charge in [0.25, 0.3) is 0 Å². The first-order chi connectivity index (χ1) is 28.0. The molecule has 0 radical (unpaired) electrons. The van der Waals surface area contributed by atoms with E-state index in [-0.39, 0.29) is 5.41 Å². The van der Waals surface area contributed by atoms with E-state index >= 15 is 0 Å². The summed E-state index contributed by atoms with van der Waals surface area (Å²) in [5, 5.41) is 5.05. The molecule has 0 aliphatic heterocycles. The van der Waals surface area contributed by atoms with Gasteiger partial charge in [-0.25, -0.2) is 0 Å². The summed E-state index contributed by atoms with van der Waals surface area (Å²) < 4.78 is 2.48. The van der Waals surface area contributed by atoms with Crippen molar-refractivity contribution in [3.05, 3.63) is 217 Å². The van der Waals surface area contributed by atoms with Crippen molar-refractivity contribution >= 4 is 49.5 Å². The van der Waals surface area contributed by atoms with Crippen LogP contribution in [0.1, 0.15) is 37.8 Å². The van der Waals surface area contributed by atoms with Gasteiger partial charge in [0, 0.05) is 44.2 Å². The molecule has 0 atom stereocenters. The fourth-order valence-corrected chi connectivity index (χ4v) is 9.80. The average Bonchev–Trinajstić information content (AvgIpc) is 3.73. The van der Waals surface area contributed by atoms with Crippen molar-refractivity contribution in [1.82, 2.24) is 4.57 Å². The molecule has 0 saturated carbocycles. The molecule has 8 aromatic carbocycles. The highest BCUT2D eigenvalue weighted by Crippen LogP contribution is 2.52. The molecule has 1 aromatic heterocycles. The third-order valence-corrected chi connectivity index (χ3v) is 12.6. The number of fused-ring (bicyclic) bond motifs is 7. The van der Waals surface area contributed by atoms with E-state index in [1.54, 1.807) is 5.57 Å². The molecule has 2 nitrogen and oxygen atoms in total. The highest BCUT2D eigenvalue weighted by Gasteiger charge is 2.38. The van der Waals surface area contributed by atoms with Crippen molar-refractivity contribution in [1.29, 1.82) is 0 Å².